The smallest absolute Gasteiger partial charge is 0.408 e. The van der Waals surface area contributed by atoms with Crippen LogP contribution in [0, 0.1) is 0 Å². The van der Waals surface area contributed by atoms with Crippen LogP contribution in [0.3, 0.4) is 0 Å². The molecule has 0 unspecified atom stereocenters. The Morgan fingerprint density at radius 1 is 0.758 bits per heavy atom. The third-order valence-corrected chi connectivity index (χ3v) is 4.95. The molecule has 0 fully saturated rings. The quantitative estimate of drug-likeness (QED) is 0.490. The number of amides is 2. The van der Waals surface area contributed by atoms with Crippen molar-refractivity contribution in [2.24, 2.45) is 0 Å². The third-order valence-electron chi connectivity index (χ3n) is 4.95. The van der Waals surface area contributed by atoms with Crippen molar-refractivity contribution in [3.8, 4) is 0 Å². The van der Waals surface area contributed by atoms with Crippen molar-refractivity contribution < 1.29 is 23.9 Å². The number of carbonyl (C=O) groups excluding carboxylic acids is 3. The van der Waals surface area contributed by atoms with E-state index in [1.54, 1.807) is 30.3 Å². The Hall–Kier alpha value is -4.13. The minimum atomic E-state index is -1.06. The molecule has 0 heterocycles. The van der Waals surface area contributed by atoms with Crippen LogP contribution in [-0.2, 0) is 32.1 Å². The Labute approximate surface area is 192 Å². The second-order valence-electron chi connectivity index (χ2n) is 7.32. The number of hydrogen-bond donors (Lipinski definition) is 2. The molecular formula is C26H26N2O5. The second-order valence-corrected chi connectivity index (χ2v) is 7.32. The predicted molar refractivity (Wildman–Crippen MR) is 123 cm³/mol. The van der Waals surface area contributed by atoms with Gasteiger partial charge in [0.1, 0.15) is 18.7 Å². The van der Waals surface area contributed by atoms with Gasteiger partial charge in [-0.05, 0) is 16.7 Å². The van der Waals surface area contributed by atoms with Gasteiger partial charge in [-0.25, -0.2) is 9.59 Å². The summed E-state index contributed by atoms with van der Waals surface area (Å²) in [7, 11) is 1.26. The number of alkyl carbamates (subject to hydrolysis) is 1. The zero-order chi connectivity index (χ0) is 23.5. The molecule has 2 amide bonds. The first-order valence-electron chi connectivity index (χ1n) is 10.5. The average Bonchev–Trinajstić information content (AvgIpc) is 2.86. The van der Waals surface area contributed by atoms with E-state index >= 15 is 0 Å². The lowest BCUT2D eigenvalue weighted by Crippen LogP contribution is -2.48. The Bertz CT molecular complexity index is 1040. The normalized spacial score (nSPS) is 12.2. The van der Waals surface area contributed by atoms with Crippen molar-refractivity contribution in [2.75, 3.05) is 7.11 Å². The molecule has 2 atom stereocenters. The molecule has 3 rings (SSSR count). The van der Waals surface area contributed by atoms with Crippen LogP contribution in [-0.4, -0.2) is 31.1 Å². The molecule has 2 N–H and O–H groups in total. The minimum Gasteiger partial charge on any atom is -0.467 e. The average molecular weight is 447 g/mol. The van der Waals surface area contributed by atoms with Gasteiger partial charge in [-0.3, -0.25) is 4.79 Å². The summed E-state index contributed by atoms with van der Waals surface area (Å²) in [5.74, 6) is -1.13. The van der Waals surface area contributed by atoms with Gasteiger partial charge in [0, 0.05) is 6.42 Å². The maximum Gasteiger partial charge on any atom is 0.408 e. The van der Waals surface area contributed by atoms with Crippen molar-refractivity contribution in [2.45, 2.75) is 25.1 Å². The van der Waals surface area contributed by atoms with Gasteiger partial charge in [0.2, 0.25) is 5.91 Å². The summed E-state index contributed by atoms with van der Waals surface area (Å²) in [6, 6.07) is 25.3. The van der Waals surface area contributed by atoms with Gasteiger partial charge >= 0.3 is 12.1 Å². The maximum absolute atomic E-state index is 13.2. The van der Waals surface area contributed by atoms with Gasteiger partial charge in [0.15, 0.2) is 0 Å². The van der Waals surface area contributed by atoms with Gasteiger partial charge in [-0.15, -0.1) is 0 Å². The largest absolute Gasteiger partial charge is 0.467 e. The fraction of sp³-hybridized carbons (Fsp3) is 0.192. The summed E-state index contributed by atoms with van der Waals surface area (Å²) in [6.07, 6.45) is -0.500. The SMILES string of the molecule is COC(=O)[C@H](Cc1ccccc1)NC(=O)[C@@H](NC(=O)OCc1ccccc1)c1ccccc1. The number of nitrogens with one attached hydrogen (secondary N) is 2. The fourth-order valence-electron chi connectivity index (χ4n) is 3.27. The molecule has 0 saturated heterocycles. The van der Waals surface area contributed by atoms with Crippen LogP contribution in [0.15, 0.2) is 91.0 Å². The van der Waals surface area contributed by atoms with E-state index in [9.17, 15) is 14.4 Å². The van der Waals surface area contributed by atoms with E-state index in [4.69, 9.17) is 9.47 Å². The third kappa shape index (κ3) is 7.21. The first-order valence-corrected chi connectivity index (χ1v) is 10.5. The molecule has 0 bridgehead atoms. The highest BCUT2D eigenvalue weighted by Crippen LogP contribution is 2.15. The summed E-state index contributed by atoms with van der Waals surface area (Å²) < 4.78 is 10.2. The van der Waals surface area contributed by atoms with Gasteiger partial charge < -0.3 is 20.1 Å². The molecule has 0 aromatic heterocycles. The summed E-state index contributed by atoms with van der Waals surface area (Å²) in [5, 5.41) is 5.31. The van der Waals surface area contributed by atoms with E-state index in [0.29, 0.717) is 5.56 Å². The topological polar surface area (TPSA) is 93.7 Å². The van der Waals surface area contributed by atoms with Crippen LogP contribution in [0.1, 0.15) is 22.7 Å². The van der Waals surface area contributed by atoms with Crippen molar-refractivity contribution in [1.82, 2.24) is 10.6 Å². The van der Waals surface area contributed by atoms with Crippen LogP contribution >= 0.6 is 0 Å². The minimum absolute atomic E-state index is 0.0641. The van der Waals surface area contributed by atoms with Crippen LogP contribution in [0.2, 0.25) is 0 Å². The number of benzene rings is 3. The van der Waals surface area contributed by atoms with E-state index in [2.05, 4.69) is 10.6 Å². The van der Waals surface area contributed by atoms with E-state index in [1.807, 2.05) is 60.7 Å². The highest BCUT2D eigenvalue weighted by Gasteiger charge is 2.29. The van der Waals surface area contributed by atoms with E-state index in [0.717, 1.165) is 11.1 Å². The van der Waals surface area contributed by atoms with Crippen LogP contribution in [0.4, 0.5) is 4.79 Å². The lowest BCUT2D eigenvalue weighted by molar-refractivity contribution is -0.145. The van der Waals surface area contributed by atoms with Crippen LogP contribution in [0.25, 0.3) is 0 Å². The van der Waals surface area contributed by atoms with Crippen LogP contribution < -0.4 is 10.6 Å². The number of esters is 1. The number of carbonyl (C=O) groups is 3. The number of rotatable bonds is 9. The van der Waals surface area contributed by atoms with Crippen molar-refractivity contribution in [3.05, 3.63) is 108 Å². The standard InChI is InChI=1S/C26H26N2O5/c1-32-25(30)22(17-19-11-5-2-6-12-19)27-24(29)23(21-15-9-4-10-16-21)28-26(31)33-18-20-13-7-3-8-14-20/h2-16,22-23H,17-18H2,1H3,(H,27,29)(H,28,31)/t22-,23-/m0/s1. The molecule has 33 heavy (non-hydrogen) atoms. The summed E-state index contributed by atoms with van der Waals surface area (Å²) in [5.41, 5.74) is 2.23. The molecule has 7 nitrogen and oxygen atoms in total. The fourth-order valence-corrected chi connectivity index (χ4v) is 3.27. The molecular weight excluding hydrogens is 420 g/mol. The van der Waals surface area contributed by atoms with E-state index in [-0.39, 0.29) is 13.0 Å². The van der Waals surface area contributed by atoms with Gasteiger partial charge in [-0.1, -0.05) is 91.0 Å². The molecule has 3 aromatic rings. The first-order chi connectivity index (χ1) is 16.1. The summed E-state index contributed by atoms with van der Waals surface area (Å²) >= 11 is 0. The molecule has 0 aliphatic carbocycles. The molecule has 170 valence electrons. The monoisotopic (exact) mass is 446 g/mol. The highest BCUT2D eigenvalue weighted by atomic mass is 16.5. The Morgan fingerprint density at radius 3 is 1.88 bits per heavy atom. The van der Waals surface area contributed by atoms with E-state index in [1.165, 1.54) is 7.11 Å². The molecule has 0 spiro atoms. The molecule has 0 radical (unpaired) electrons. The summed E-state index contributed by atoms with van der Waals surface area (Å²) in [6.45, 7) is 0.0641. The molecule has 0 saturated carbocycles. The Morgan fingerprint density at radius 2 is 1.30 bits per heavy atom. The Kier molecular flexibility index (Phi) is 8.59. The van der Waals surface area contributed by atoms with E-state index < -0.39 is 30.1 Å². The molecule has 0 aliphatic rings. The second kappa shape index (κ2) is 12.0. The number of methoxy groups -OCH3 is 1. The Balaban J connectivity index is 1.72. The number of hydrogen-bond acceptors (Lipinski definition) is 5. The predicted octanol–water partition coefficient (Wildman–Crippen LogP) is 3.55. The first kappa shape index (κ1) is 23.5. The molecule has 3 aromatic carbocycles. The van der Waals surface area contributed by atoms with Crippen molar-refractivity contribution in [3.63, 3.8) is 0 Å². The lowest BCUT2D eigenvalue weighted by Gasteiger charge is -2.22. The number of ether oxygens (including phenoxy) is 2. The molecule has 0 aliphatic heterocycles. The lowest BCUT2D eigenvalue weighted by atomic mass is 10.0. The zero-order valence-electron chi connectivity index (χ0n) is 18.3. The van der Waals surface area contributed by atoms with Gasteiger partial charge in [0.25, 0.3) is 0 Å². The van der Waals surface area contributed by atoms with Gasteiger partial charge in [0.05, 0.1) is 7.11 Å². The van der Waals surface area contributed by atoms with Crippen molar-refractivity contribution >= 4 is 18.0 Å². The van der Waals surface area contributed by atoms with Crippen molar-refractivity contribution in [1.29, 1.82) is 0 Å². The van der Waals surface area contributed by atoms with Gasteiger partial charge in [-0.2, -0.15) is 0 Å². The van der Waals surface area contributed by atoms with Crippen LogP contribution in [0.5, 0.6) is 0 Å². The highest BCUT2D eigenvalue weighted by molar-refractivity contribution is 5.90. The summed E-state index contributed by atoms with van der Waals surface area (Å²) in [4.78, 5) is 38.0. The molecule has 7 heteroatoms. The zero-order valence-corrected chi connectivity index (χ0v) is 18.3. The maximum atomic E-state index is 13.2.